The highest BCUT2D eigenvalue weighted by atomic mass is 79.9. The van der Waals surface area contributed by atoms with Gasteiger partial charge in [0.1, 0.15) is 11.5 Å². The Morgan fingerprint density at radius 3 is 2.77 bits per heavy atom. The molecule has 1 aromatic carbocycles. The second kappa shape index (κ2) is 4.48. The molecule has 0 amide bonds. The fraction of sp³-hybridized carbons (Fsp3) is 0.333. The van der Waals surface area contributed by atoms with Crippen molar-refractivity contribution < 1.29 is 9.84 Å². The lowest BCUT2D eigenvalue weighted by molar-refractivity contribution is 0.404. The molecule has 3 nitrogen and oxygen atoms in total. The van der Waals surface area contributed by atoms with E-state index in [0.29, 0.717) is 18.7 Å². The maximum Gasteiger partial charge on any atom is 0.136 e. The Labute approximate surface area is 85.6 Å². The summed E-state index contributed by atoms with van der Waals surface area (Å²) in [5.74, 6) is 0.851. The van der Waals surface area contributed by atoms with E-state index in [9.17, 15) is 5.11 Å². The van der Waals surface area contributed by atoms with E-state index in [0.717, 1.165) is 10.0 Å². The predicted molar refractivity (Wildman–Crippen MR) is 55.1 cm³/mol. The van der Waals surface area contributed by atoms with Crippen molar-refractivity contribution in [3.05, 3.63) is 22.2 Å². The molecule has 0 heterocycles. The Hall–Kier alpha value is -0.740. The van der Waals surface area contributed by atoms with Gasteiger partial charge in [0.15, 0.2) is 0 Å². The van der Waals surface area contributed by atoms with Crippen LogP contribution in [0.3, 0.4) is 0 Å². The lowest BCUT2D eigenvalue weighted by Gasteiger charge is -2.07. The summed E-state index contributed by atoms with van der Waals surface area (Å²) >= 11 is 3.33. The molecule has 4 heteroatoms. The van der Waals surface area contributed by atoms with E-state index < -0.39 is 0 Å². The largest absolute Gasteiger partial charge is 0.508 e. The summed E-state index contributed by atoms with van der Waals surface area (Å²) in [7, 11) is 1.56. The van der Waals surface area contributed by atoms with Crippen LogP contribution in [0.15, 0.2) is 16.6 Å². The van der Waals surface area contributed by atoms with E-state index in [1.54, 1.807) is 13.2 Å². The zero-order chi connectivity index (χ0) is 9.84. The Morgan fingerprint density at radius 1 is 1.54 bits per heavy atom. The van der Waals surface area contributed by atoms with Crippen molar-refractivity contribution in [1.82, 2.24) is 0 Å². The zero-order valence-corrected chi connectivity index (χ0v) is 8.97. The molecule has 0 aliphatic rings. The number of methoxy groups -OCH3 is 1. The molecule has 0 radical (unpaired) electrons. The summed E-state index contributed by atoms with van der Waals surface area (Å²) in [6.07, 6.45) is 0.661. The first-order valence-electron chi connectivity index (χ1n) is 3.94. The minimum absolute atomic E-state index is 0.227. The molecule has 0 spiro atoms. The third kappa shape index (κ3) is 2.35. The van der Waals surface area contributed by atoms with Crippen LogP contribution >= 0.6 is 15.9 Å². The van der Waals surface area contributed by atoms with Gasteiger partial charge in [0, 0.05) is 6.07 Å². The van der Waals surface area contributed by atoms with Crippen molar-refractivity contribution in [3.63, 3.8) is 0 Å². The van der Waals surface area contributed by atoms with Gasteiger partial charge in [-0.15, -0.1) is 0 Å². The second-order valence-corrected chi connectivity index (χ2v) is 3.51. The molecule has 0 aliphatic carbocycles. The van der Waals surface area contributed by atoms with Gasteiger partial charge in [0.2, 0.25) is 0 Å². The highest BCUT2D eigenvalue weighted by molar-refractivity contribution is 9.10. The van der Waals surface area contributed by atoms with Crippen LogP contribution < -0.4 is 10.5 Å². The molecule has 72 valence electrons. The van der Waals surface area contributed by atoms with Gasteiger partial charge in [0.25, 0.3) is 0 Å². The summed E-state index contributed by atoms with van der Waals surface area (Å²) in [4.78, 5) is 0. The molecule has 0 saturated heterocycles. The number of halogens is 1. The Bertz CT molecular complexity index is 302. The number of phenols is 1. The third-order valence-electron chi connectivity index (χ3n) is 1.77. The minimum Gasteiger partial charge on any atom is -0.508 e. The Kier molecular flexibility index (Phi) is 3.57. The summed E-state index contributed by atoms with van der Waals surface area (Å²) in [5.41, 5.74) is 6.22. The van der Waals surface area contributed by atoms with Crippen molar-refractivity contribution in [2.45, 2.75) is 6.42 Å². The first kappa shape index (κ1) is 10.3. The normalized spacial score (nSPS) is 10.1. The average Bonchev–Trinajstić information content (AvgIpc) is 2.11. The molecule has 1 rings (SSSR count). The smallest absolute Gasteiger partial charge is 0.136 e. The maximum absolute atomic E-state index is 9.52. The van der Waals surface area contributed by atoms with Crippen LogP contribution in [0.5, 0.6) is 11.5 Å². The lowest BCUT2D eigenvalue weighted by Crippen LogP contribution is -2.03. The second-order valence-electron chi connectivity index (χ2n) is 2.65. The molecule has 0 saturated carbocycles. The Balaban J connectivity index is 3.05. The number of ether oxygens (including phenoxy) is 1. The van der Waals surface area contributed by atoms with Gasteiger partial charge in [-0.05, 0) is 40.5 Å². The van der Waals surface area contributed by atoms with Gasteiger partial charge in [-0.25, -0.2) is 0 Å². The van der Waals surface area contributed by atoms with Crippen LogP contribution in [-0.2, 0) is 6.42 Å². The van der Waals surface area contributed by atoms with Crippen molar-refractivity contribution in [2.24, 2.45) is 5.73 Å². The fourth-order valence-corrected chi connectivity index (χ4v) is 1.65. The highest BCUT2D eigenvalue weighted by Gasteiger charge is 2.06. The number of rotatable bonds is 3. The topological polar surface area (TPSA) is 55.5 Å². The minimum atomic E-state index is 0.227. The standard InChI is InChI=1S/C9H12BrNO2/c1-13-9-5-8(12)6(2-3-11)4-7(9)10/h4-5,12H,2-3,11H2,1H3. The number of phenolic OH excluding ortho intramolecular Hbond substituents is 1. The fourth-order valence-electron chi connectivity index (χ4n) is 1.10. The van der Waals surface area contributed by atoms with Crippen LogP contribution in [0.4, 0.5) is 0 Å². The molecule has 0 bridgehead atoms. The summed E-state index contributed by atoms with van der Waals surface area (Å²) in [5, 5.41) is 9.52. The molecule has 3 N–H and O–H groups in total. The van der Waals surface area contributed by atoms with Gasteiger partial charge in [-0.3, -0.25) is 0 Å². The van der Waals surface area contributed by atoms with Gasteiger partial charge >= 0.3 is 0 Å². The summed E-state index contributed by atoms with van der Waals surface area (Å²) in [6, 6.07) is 3.40. The van der Waals surface area contributed by atoms with Crippen LogP contribution in [0.1, 0.15) is 5.56 Å². The van der Waals surface area contributed by atoms with Gasteiger partial charge in [-0.1, -0.05) is 0 Å². The van der Waals surface area contributed by atoms with Crippen molar-refractivity contribution in [3.8, 4) is 11.5 Å². The molecular formula is C9H12BrNO2. The predicted octanol–water partition coefficient (Wildman–Crippen LogP) is 1.66. The van der Waals surface area contributed by atoms with E-state index in [1.807, 2.05) is 6.07 Å². The first-order chi connectivity index (χ1) is 6.19. The van der Waals surface area contributed by atoms with Crippen molar-refractivity contribution in [1.29, 1.82) is 0 Å². The molecule has 0 aliphatic heterocycles. The average molecular weight is 246 g/mol. The third-order valence-corrected chi connectivity index (χ3v) is 2.39. The number of aromatic hydroxyl groups is 1. The van der Waals surface area contributed by atoms with Gasteiger partial charge in [0.05, 0.1) is 11.6 Å². The van der Waals surface area contributed by atoms with Crippen molar-refractivity contribution >= 4 is 15.9 Å². The maximum atomic E-state index is 9.52. The highest BCUT2D eigenvalue weighted by Crippen LogP contribution is 2.32. The molecule has 0 unspecified atom stereocenters. The zero-order valence-electron chi connectivity index (χ0n) is 7.38. The molecular weight excluding hydrogens is 234 g/mol. The summed E-state index contributed by atoms with van der Waals surface area (Å²) < 4.78 is 5.85. The Morgan fingerprint density at radius 2 is 2.23 bits per heavy atom. The van der Waals surface area contributed by atoms with Gasteiger partial charge in [-0.2, -0.15) is 0 Å². The SMILES string of the molecule is COc1cc(O)c(CCN)cc1Br. The molecule has 0 aromatic heterocycles. The number of hydrogen-bond donors (Lipinski definition) is 2. The number of benzene rings is 1. The van der Waals surface area contributed by atoms with E-state index in [1.165, 1.54) is 0 Å². The monoisotopic (exact) mass is 245 g/mol. The first-order valence-corrected chi connectivity index (χ1v) is 4.73. The molecule has 0 fully saturated rings. The summed E-state index contributed by atoms with van der Waals surface area (Å²) in [6.45, 7) is 0.520. The lowest BCUT2D eigenvalue weighted by atomic mass is 10.1. The van der Waals surface area contributed by atoms with Gasteiger partial charge < -0.3 is 15.6 Å². The molecule has 13 heavy (non-hydrogen) atoms. The van der Waals surface area contributed by atoms with Crippen molar-refractivity contribution in [2.75, 3.05) is 13.7 Å². The van der Waals surface area contributed by atoms with E-state index in [-0.39, 0.29) is 5.75 Å². The van der Waals surface area contributed by atoms with E-state index in [2.05, 4.69) is 15.9 Å². The van der Waals surface area contributed by atoms with Crippen LogP contribution in [-0.4, -0.2) is 18.8 Å². The van der Waals surface area contributed by atoms with Crippen LogP contribution in [0, 0.1) is 0 Å². The molecule has 1 aromatic rings. The van der Waals surface area contributed by atoms with Crippen LogP contribution in [0.25, 0.3) is 0 Å². The van der Waals surface area contributed by atoms with Crippen LogP contribution in [0.2, 0.25) is 0 Å². The molecule has 0 atom stereocenters. The number of nitrogens with two attached hydrogens (primary N) is 1. The quantitative estimate of drug-likeness (QED) is 0.852. The van der Waals surface area contributed by atoms with E-state index in [4.69, 9.17) is 10.5 Å². The number of hydrogen-bond acceptors (Lipinski definition) is 3. The van der Waals surface area contributed by atoms with E-state index >= 15 is 0 Å².